The number of carbonyl (C=O) groups is 1. The number of rotatable bonds is 16. The van der Waals surface area contributed by atoms with Gasteiger partial charge in [0.25, 0.3) is 0 Å². The monoisotopic (exact) mass is 312 g/mol. The van der Waals surface area contributed by atoms with Crippen LogP contribution in [0.15, 0.2) is 0 Å². The van der Waals surface area contributed by atoms with Crippen LogP contribution in [0.3, 0.4) is 0 Å². The molecule has 1 unspecified atom stereocenters. The zero-order chi connectivity index (χ0) is 16.5. The molecule has 22 heavy (non-hydrogen) atoms. The lowest BCUT2D eigenvalue weighted by molar-refractivity contribution is -0.149. The van der Waals surface area contributed by atoms with Crippen LogP contribution in [0.25, 0.3) is 0 Å². The molecule has 0 aromatic heterocycles. The average molecular weight is 313 g/mol. The van der Waals surface area contributed by atoms with Crippen LogP contribution in [0.5, 0.6) is 0 Å². The van der Waals surface area contributed by atoms with Crippen molar-refractivity contribution >= 4 is 5.97 Å². The highest BCUT2D eigenvalue weighted by atomic mass is 16.5. The summed E-state index contributed by atoms with van der Waals surface area (Å²) >= 11 is 0. The van der Waals surface area contributed by atoms with E-state index < -0.39 is 0 Å². The standard InChI is InChI=1S/C20H40O2/c1-4-7-10-12-13-15-17-19(16-14-11-8-5-2)20(21)22-18-9-6-3/h19H,4-18H2,1-3H3. The number of esters is 1. The fourth-order valence-electron chi connectivity index (χ4n) is 2.80. The Morgan fingerprint density at radius 3 is 1.68 bits per heavy atom. The van der Waals surface area contributed by atoms with E-state index in [4.69, 9.17) is 4.74 Å². The number of hydrogen-bond donors (Lipinski definition) is 0. The van der Waals surface area contributed by atoms with Gasteiger partial charge >= 0.3 is 5.97 Å². The molecular weight excluding hydrogens is 272 g/mol. The molecule has 0 N–H and O–H groups in total. The summed E-state index contributed by atoms with van der Waals surface area (Å²) in [6.45, 7) is 7.22. The summed E-state index contributed by atoms with van der Waals surface area (Å²) in [5.41, 5.74) is 0. The van der Waals surface area contributed by atoms with Gasteiger partial charge in [0.05, 0.1) is 12.5 Å². The predicted molar refractivity (Wildman–Crippen MR) is 96.1 cm³/mol. The molecule has 0 radical (unpaired) electrons. The third-order valence-corrected chi connectivity index (χ3v) is 4.39. The van der Waals surface area contributed by atoms with Crippen molar-refractivity contribution in [1.29, 1.82) is 0 Å². The summed E-state index contributed by atoms with van der Waals surface area (Å²) in [5.74, 6) is 0.221. The quantitative estimate of drug-likeness (QED) is 0.235. The fourth-order valence-corrected chi connectivity index (χ4v) is 2.80. The Balaban J connectivity index is 3.95. The topological polar surface area (TPSA) is 26.3 Å². The van der Waals surface area contributed by atoms with Gasteiger partial charge in [-0.3, -0.25) is 4.79 Å². The average Bonchev–Trinajstić information content (AvgIpc) is 2.52. The first-order chi connectivity index (χ1) is 10.8. The number of hydrogen-bond acceptors (Lipinski definition) is 2. The zero-order valence-corrected chi connectivity index (χ0v) is 15.5. The maximum Gasteiger partial charge on any atom is 0.308 e. The SMILES string of the molecule is CCCCCCCCC(CCCCCC)C(=O)OCCCC. The van der Waals surface area contributed by atoms with Crippen LogP contribution in [0, 0.1) is 5.92 Å². The van der Waals surface area contributed by atoms with Crippen molar-refractivity contribution in [1.82, 2.24) is 0 Å². The molecule has 0 bridgehead atoms. The van der Waals surface area contributed by atoms with Crippen molar-refractivity contribution < 1.29 is 9.53 Å². The van der Waals surface area contributed by atoms with E-state index in [0.717, 1.165) is 25.7 Å². The minimum atomic E-state index is 0.0681. The van der Waals surface area contributed by atoms with Crippen molar-refractivity contribution in [3.8, 4) is 0 Å². The largest absolute Gasteiger partial charge is 0.465 e. The third kappa shape index (κ3) is 13.2. The van der Waals surface area contributed by atoms with Crippen molar-refractivity contribution in [2.45, 2.75) is 111 Å². The van der Waals surface area contributed by atoms with E-state index in [0.29, 0.717) is 6.61 Å². The first-order valence-corrected chi connectivity index (χ1v) is 9.92. The smallest absolute Gasteiger partial charge is 0.308 e. The van der Waals surface area contributed by atoms with Gasteiger partial charge in [0.15, 0.2) is 0 Å². The van der Waals surface area contributed by atoms with Crippen molar-refractivity contribution in [3.05, 3.63) is 0 Å². The highest BCUT2D eigenvalue weighted by Gasteiger charge is 2.19. The van der Waals surface area contributed by atoms with Crippen LogP contribution in [0.4, 0.5) is 0 Å². The Hall–Kier alpha value is -0.530. The highest BCUT2D eigenvalue weighted by Crippen LogP contribution is 2.20. The van der Waals surface area contributed by atoms with Crippen molar-refractivity contribution in [2.75, 3.05) is 6.61 Å². The maximum atomic E-state index is 12.2. The van der Waals surface area contributed by atoms with Crippen molar-refractivity contribution in [2.24, 2.45) is 5.92 Å². The van der Waals surface area contributed by atoms with Gasteiger partial charge in [-0.1, -0.05) is 91.4 Å². The van der Waals surface area contributed by atoms with Crippen molar-refractivity contribution in [3.63, 3.8) is 0 Å². The van der Waals surface area contributed by atoms with Gasteiger partial charge in [-0.05, 0) is 19.3 Å². The minimum absolute atomic E-state index is 0.0681. The highest BCUT2D eigenvalue weighted by molar-refractivity contribution is 5.72. The van der Waals surface area contributed by atoms with Gasteiger partial charge in [0.2, 0.25) is 0 Å². The van der Waals surface area contributed by atoms with E-state index in [9.17, 15) is 4.79 Å². The number of carbonyl (C=O) groups excluding carboxylic acids is 1. The summed E-state index contributed by atoms with van der Waals surface area (Å²) in [6.07, 6.45) is 16.9. The molecule has 132 valence electrons. The second-order valence-corrected chi connectivity index (χ2v) is 6.62. The molecule has 2 nitrogen and oxygen atoms in total. The lowest BCUT2D eigenvalue weighted by Crippen LogP contribution is -2.18. The van der Waals surface area contributed by atoms with Crippen LogP contribution in [0.1, 0.15) is 111 Å². The summed E-state index contributed by atoms with van der Waals surface area (Å²) in [4.78, 5) is 12.2. The van der Waals surface area contributed by atoms with E-state index >= 15 is 0 Å². The Morgan fingerprint density at radius 1 is 0.682 bits per heavy atom. The Labute approximate surface area is 139 Å². The normalized spacial score (nSPS) is 12.3. The van der Waals surface area contributed by atoms with E-state index in [1.807, 2.05) is 0 Å². The number of unbranched alkanes of at least 4 members (excludes halogenated alkanes) is 9. The van der Waals surface area contributed by atoms with Gasteiger partial charge in [-0.2, -0.15) is 0 Å². The maximum absolute atomic E-state index is 12.2. The Kier molecular flexibility index (Phi) is 16.4. The molecule has 0 saturated heterocycles. The molecule has 0 spiro atoms. The molecule has 0 aromatic rings. The molecule has 0 saturated carbocycles. The fraction of sp³-hybridized carbons (Fsp3) is 0.950. The van der Waals surface area contributed by atoms with Crippen LogP contribution in [-0.4, -0.2) is 12.6 Å². The van der Waals surface area contributed by atoms with Gasteiger partial charge < -0.3 is 4.74 Å². The summed E-state index contributed by atoms with van der Waals surface area (Å²) in [6, 6.07) is 0. The Bertz CT molecular complexity index is 238. The summed E-state index contributed by atoms with van der Waals surface area (Å²) < 4.78 is 5.46. The van der Waals surface area contributed by atoms with Crippen LogP contribution in [-0.2, 0) is 9.53 Å². The van der Waals surface area contributed by atoms with E-state index in [2.05, 4.69) is 20.8 Å². The second-order valence-electron chi connectivity index (χ2n) is 6.62. The second kappa shape index (κ2) is 16.8. The molecule has 0 aromatic carbocycles. The molecular formula is C20H40O2. The molecule has 0 rings (SSSR count). The predicted octanol–water partition coefficient (Wildman–Crippen LogP) is 6.67. The van der Waals surface area contributed by atoms with Crippen LogP contribution >= 0.6 is 0 Å². The molecule has 2 heteroatoms. The lowest BCUT2D eigenvalue weighted by atomic mass is 9.94. The van der Waals surface area contributed by atoms with E-state index in [1.165, 1.54) is 64.2 Å². The molecule has 0 aliphatic carbocycles. The van der Waals surface area contributed by atoms with Gasteiger partial charge in [0.1, 0.15) is 0 Å². The summed E-state index contributed by atoms with van der Waals surface area (Å²) in [5, 5.41) is 0. The van der Waals surface area contributed by atoms with Crippen LogP contribution in [0.2, 0.25) is 0 Å². The van der Waals surface area contributed by atoms with Gasteiger partial charge in [-0.25, -0.2) is 0 Å². The van der Waals surface area contributed by atoms with E-state index in [1.54, 1.807) is 0 Å². The third-order valence-electron chi connectivity index (χ3n) is 4.39. The first-order valence-electron chi connectivity index (χ1n) is 9.92. The zero-order valence-electron chi connectivity index (χ0n) is 15.5. The first kappa shape index (κ1) is 21.5. The molecule has 0 amide bonds. The molecule has 0 heterocycles. The molecule has 0 aliphatic heterocycles. The number of ether oxygens (including phenoxy) is 1. The lowest BCUT2D eigenvalue weighted by Gasteiger charge is -2.16. The van der Waals surface area contributed by atoms with Gasteiger partial charge in [-0.15, -0.1) is 0 Å². The molecule has 0 fully saturated rings. The molecule has 0 aliphatic rings. The van der Waals surface area contributed by atoms with E-state index in [-0.39, 0.29) is 11.9 Å². The summed E-state index contributed by atoms with van der Waals surface area (Å²) in [7, 11) is 0. The van der Waals surface area contributed by atoms with Crippen LogP contribution < -0.4 is 0 Å². The van der Waals surface area contributed by atoms with Gasteiger partial charge in [0, 0.05) is 0 Å². The molecule has 1 atom stereocenters. The Morgan fingerprint density at radius 2 is 1.14 bits per heavy atom. The minimum Gasteiger partial charge on any atom is -0.465 e.